The van der Waals surface area contributed by atoms with Crippen LogP contribution in [0.5, 0.6) is 0 Å². The molecule has 2 aromatic carbocycles. The fourth-order valence-electron chi connectivity index (χ4n) is 1.79. The third kappa shape index (κ3) is 2.91. The van der Waals surface area contributed by atoms with Gasteiger partial charge in [-0.25, -0.2) is 13.2 Å². The van der Waals surface area contributed by atoms with E-state index in [4.69, 9.17) is 5.26 Å². The number of anilines is 1. The molecule has 0 fully saturated rings. The molecule has 0 saturated heterocycles. The van der Waals surface area contributed by atoms with Gasteiger partial charge in [0.2, 0.25) is 0 Å². The van der Waals surface area contributed by atoms with Crippen molar-refractivity contribution in [3.8, 4) is 6.07 Å². The zero-order chi connectivity index (χ0) is 14.7. The molecule has 0 atom stereocenters. The highest BCUT2D eigenvalue weighted by molar-refractivity contribution is 5.48. The lowest BCUT2D eigenvalue weighted by Crippen LogP contribution is -2.05. The predicted molar refractivity (Wildman–Crippen MR) is 69.5 cm³/mol. The highest BCUT2D eigenvalue weighted by atomic mass is 19.1. The fraction of sp³-hybridized carbons (Fsp3) is 0.133. The molecule has 102 valence electrons. The highest BCUT2D eigenvalue weighted by Crippen LogP contribution is 2.20. The third-order valence-electron chi connectivity index (χ3n) is 2.91. The van der Waals surface area contributed by atoms with Crippen molar-refractivity contribution in [3.05, 3.63) is 64.5 Å². The van der Waals surface area contributed by atoms with Crippen LogP contribution in [-0.4, -0.2) is 0 Å². The SMILES string of the molecule is Cc1cc(F)c(NCc2cc(F)ccc2C#N)cc1F. The molecule has 0 radical (unpaired) electrons. The monoisotopic (exact) mass is 276 g/mol. The molecule has 0 spiro atoms. The van der Waals surface area contributed by atoms with Gasteiger partial charge in [0.15, 0.2) is 0 Å². The van der Waals surface area contributed by atoms with Gasteiger partial charge in [-0.05, 0) is 42.3 Å². The van der Waals surface area contributed by atoms with Gasteiger partial charge in [-0.1, -0.05) is 0 Å². The number of hydrogen-bond acceptors (Lipinski definition) is 2. The Morgan fingerprint density at radius 2 is 1.85 bits per heavy atom. The minimum atomic E-state index is -0.598. The number of hydrogen-bond donors (Lipinski definition) is 1. The van der Waals surface area contributed by atoms with Gasteiger partial charge in [-0.2, -0.15) is 5.26 Å². The molecule has 0 saturated carbocycles. The Kier molecular flexibility index (Phi) is 3.94. The van der Waals surface area contributed by atoms with Crippen LogP contribution in [0.3, 0.4) is 0 Å². The molecule has 0 aliphatic carbocycles. The van der Waals surface area contributed by atoms with Crippen LogP contribution in [-0.2, 0) is 6.54 Å². The maximum absolute atomic E-state index is 13.6. The van der Waals surface area contributed by atoms with E-state index in [0.29, 0.717) is 5.56 Å². The van der Waals surface area contributed by atoms with E-state index in [-0.39, 0.29) is 23.4 Å². The smallest absolute Gasteiger partial charge is 0.146 e. The number of nitrogens with zero attached hydrogens (tertiary/aromatic N) is 1. The summed E-state index contributed by atoms with van der Waals surface area (Å²) in [6, 6.07) is 7.74. The van der Waals surface area contributed by atoms with E-state index in [1.54, 1.807) is 0 Å². The molecular formula is C15H11F3N2. The summed E-state index contributed by atoms with van der Waals surface area (Å²) in [6.07, 6.45) is 0. The van der Waals surface area contributed by atoms with Gasteiger partial charge in [0.25, 0.3) is 0 Å². The number of aryl methyl sites for hydroxylation is 1. The molecule has 0 aliphatic rings. The first kappa shape index (κ1) is 13.9. The van der Waals surface area contributed by atoms with Crippen LogP contribution in [0.4, 0.5) is 18.9 Å². The highest BCUT2D eigenvalue weighted by Gasteiger charge is 2.09. The van der Waals surface area contributed by atoms with Crippen molar-refractivity contribution in [1.82, 2.24) is 0 Å². The maximum atomic E-state index is 13.6. The van der Waals surface area contributed by atoms with Crippen LogP contribution < -0.4 is 5.32 Å². The third-order valence-corrected chi connectivity index (χ3v) is 2.91. The minimum absolute atomic E-state index is 0.0266. The average Bonchev–Trinajstić information content (AvgIpc) is 2.41. The van der Waals surface area contributed by atoms with Crippen LogP contribution in [0, 0.1) is 35.7 Å². The van der Waals surface area contributed by atoms with Crippen molar-refractivity contribution in [1.29, 1.82) is 5.26 Å². The topological polar surface area (TPSA) is 35.8 Å². The van der Waals surface area contributed by atoms with Gasteiger partial charge in [-0.15, -0.1) is 0 Å². The Morgan fingerprint density at radius 1 is 1.10 bits per heavy atom. The lowest BCUT2D eigenvalue weighted by Gasteiger charge is -2.10. The predicted octanol–water partition coefficient (Wildman–Crippen LogP) is 3.90. The van der Waals surface area contributed by atoms with Gasteiger partial charge in [0, 0.05) is 12.6 Å². The van der Waals surface area contributed by atoms with E-state index in [1.807, 2.05) is 6.07 Å². The molecule has 5 heteroatoms. The number of benzene rings is 2. The van der Waals surface area contributed by atoms with E-state index < -0.39 is 17.5 Å². The second kappa shape index (κ2) is 5.66. The van der Waals surface area contributed by atoms with E-state index in [1.165, 1.54) is 25.1 Å². The van der Waals surface area contributed by atoms with Crippen LogP contribution in [0.1, 0.15) is 16.7 Å². The Morgan fingerprint density at radius 3 is 2.55 bits per heavy atom. The summed E-state index contributed by atoms with van der Waals surface area (Å²) in [5, 5.41) is 11.6. The second-order valence-electron chi connectivity index (χ2n) is 4.35. The Balaban J connectivity index is 2.23. The van der Waals surface area contributed by atoms with E-state index >= 15 is 0 Å². The Hall–Kier alpha value is -2.48. The van der Waals surface area contributed by atoms with Gasteiger partial charge < -0.3 is 5.32 Å². The quantitative estimate of drug-likeness (QED) is 0.923. The van der Waals surface area contributed by atoms with Gasteiger partial charge in [-0.3, -0.25) is 0 Å². The van der Waals surface area contributed by atoms with E-state index in [2.05, 4.69) is 5.32 Å². The van der Waals surface area contributed by atoms with Crippen molar-refractivity contribution in [2.45, 2.75) is 13.5 Å². The molecule has 0 unspecified atom stereocenters. The van der Waals surface area contributed by atoms with E-state index in [9.17, 15) is 13.2 Å². The van der Waals surface area contributed by atoms with Crippen molar-refractivity contribution in [2.24, 2.45) is 0 Å². The molecule has 1 N–H and O–H groups in total. The zero-order valence-corrected chi connectivity index (χ0v) is 10.7. The standard InChI is InChI=1S/C15H11F3N2/c1-9-4-14(18)15(6-13(9)17)20-8-11-5-12(16)3-2-10(11)7-19/h2-6,20H,8H2,1H3. The van der Waals surface area contributed by atoms with Gasteiger partial charge in [0.1, 0.15) is 17.5 Å². The average molecular weight is 276 g/mol. The van der Waals surface area contributed by atoms with Gasteiger partial charge in [0.05, 0.1) is 17.3 Å². The molecular weight excluding hydrogens is 265 g/mol. The lowest BCUT2D eigenvalue weighted by atomic mass is 10.1. The number of halogens is 3. The fourth-order valence-corrected chi connectivity index (χ4v) is 1.79. The van der Waals surface area contributed by atoms with Gasteiger partial charge >= 0.3 is 0 Å². The van der Waals surface area contributed by atoms with Crippen molar-refractivity contribution in [2.75, 3.05) is 5.32 Å². The largest absolute Gasteiger partial charge is 0.378 e. The molecule has 20 heavy (non-hydrogen) atoms. The summed E-state index contributed by atoms with van der Waals surface area (Å²) in [5.41, 5.74) is 0.845. The second-order valence-corrected chi connectivity index (χ2v) is 4.35. The lowest BCUT2D eigenvalue weighted by molar-refractivity contribution is 0.594. The molecule has 2 rings (SSSR count). The number of rotatable bonds is 3. The van der Waals surface area contributed by atoms with Crippen LogP contribution in [0.2, 0.25) is 0 Å². The molecule has 0 heterocycles. The molecule has 2 aromatic rings. The molecule has 0 amide bonds. The first-order valence-electron chi connectivity index (χ1n) is 5.89. The Labute approximate surface area is 114 Å². The van der Waals surface area contributed by atoms with Crippen molar-refractivity contribution >= 4 is 5.69 Å². The molecule has 0 aliphatic heterocycles. The summed E-state index contributed by atoms with van der Waals surface area (Å²) in [6.45, 7) is 1.49. The Bertz CT molecular complexity index is 690. The maximum Gasteiger partial charge on any atom is 0.146 e. The molecule has 0 aromatic heterocycles. The van der Waals surface area contributed by atoms with E-state index in [0.717, 1.165) is 12.1 Å². The van der Waals surface area contributed by atoms with Crippen LogP contribution in [0.25, 0.3) is 0 Å². The summed E-state index contributed by atoms with van der Waals surface area (Å²) in [4.78, 5) is 0. The van der Waals surface area contributed by atoms with Crippen molar-refractivity contribution < 1.29 is 13.2 Å². The first-order valence-corrected chi connectivity index (χ1v) is 5.89. The summed E-state index contributed by atoms with van der Waals surface area (Å²) in [7, 11) is 0. The normalized spacial score (nSPS) is 10.2. The number of nitriles is 1. The number of nitrogens with one attached hydrogen (secondary N) is 1. The first-order chi connectivity index (χ1) is 9.51. The summed E-state index contributed by atoms with van der Waals surface area (Å²) in [5.74, 6) is -1.62. The zero-order valence-electron chi connectivity index (χ0n) is 10.7. The minimum Gasteiger partial charge on any atom is -0.378 e. The summed E-state index contributed by atoms with van der Waals surface area (Å²) >= 11 is 0. The molecule has 0 bridgehead atoms. The van der Waals surface area contributed by atoms with Crippen LogP contribution in [0.15, 0.2) is 30.3 Å². The summed E-state index contributed by atoms with van der Waals surface area (Å²) < 4.78 is 40.1. The van der Waals surface area contributed by atoms with Crippen molar-refractivity contribution in [3.63, 3.8) is 0 Å². The van der Waals surface area contributed by atoms with Crippen LogP contribution >= 0.6 is 0 Å². The molecule has 2 nitrogen and oxygen atoms in total.